The summed E-state index contributed by atoms with van der Waals surface area (Å²) < 4.78 is 16.6. The second kappa shape index (κ2) is 7.73. The van der Waals surface area contributed by atoms with Crippen molar-refractivity contribution in [2.45, 2.75) is 89.7 Å². The fraction of sp³-hybridized carbons (Fsp3) is 0.808. The molecular formula is C26H35ClO6. The van der Waals surface area contributed by atoms with Gasteiger partial charge in [0.15, 0.2) is 4.87 Å². The van der Waals surface area contributed by atoms with E-state index in [2.05, 4.69) is 19.9 Å². The van der Waals surface area contributed by atoms with Gasteiger partial charge in [-0.15, -0.1) is 11.6 Å². The van der Waals surface area contributed by atoms with Gasteiger partial charge >= 0.3 is 17.9 Å². The van der Waals surface area contributed by atoms with Crippen LogP contribution in [0.25, 0.3) is 0 Å². The Morgan fingerprint density at radius 1 is 1.15 bits per heavy atom. The number of hydrogen-bond acceptors (Lipinski definition) is 6. The number of hydrogen-bond donors (Lipinski definition) is 0. The molecule has 6 nitrogen and oxygen atoms in total. The maximum absolute atomic E-state index is 12.8. The molecule has 1 saturated heterocycles. The van der Waals surface area contributed by atoms with Gasteiger partial charge in [0.2, 0.25) is 0 Å². The van der Waals surface area contributed by atoms with Gasteiger partial charge in [-0.2, -0.15) is 0 Å². The number of carbonyl (C=O) groups excluding carboxylic acids is 3. The van der Waals surface area contributed by atoms with Crippen LogP contribution in [-0.4, -0.2) is 41.6 Å². The number of allylic oxidation sites excluding steroid dienone is 1. The molecule has 0 amide bonds. The third-order valence-corrected chi connectivity index (χ3v) is 10.5. The molecule has 9 atom stereocenters. The highest BCUT2D eigenvalue weighted by Gasteiger charge is 2.71. The van der Waals surface area contributed by atoms with Gasteiger partial charge in [-0.05, 0) is 67.1 Å². The second-order valence-corrected chi connectivity index (χ2v) is 12.3. The van der Waals surface area contributed by atoms with Gasteiger partial charge in [0.05, 0.1) is 0 Å². The maximum Gasteiger partial charge on any atom is 0.331 e. The van der Waals surface area contributed by atoms with Crippen molar-refractivity contribution >= 4 is 29.5 Å². The first-order valence-electron chi connectivity index (χ1n) is 12.4. The lowest BCUT2D eigenvalue weighted by atomic mass is 9.47. The van der Waals surface area contributed by atoms with Crippen LogP contribution in [0.1, 0.15) is 72.6 Å². The standard InChI is InChI=1S/C26H35ClO6/c1-14(28)31-13-26(27)22-21(33-23(26)30)12-20-18-6-5-16-11-17(32-15(2)29)7-9-24(16,3)19(18)8-10-25(20,22)4/h5,17-22H,6-13H2,1-4H3/t17-,18+,19-,20-,21-,22-,24-,25-,26-/m0/s1. The van der Waals surface area contributed by atoms with Crippen molar-refractivity contribution < 1.29 is 28.6 Å². The van der Waals surface area contributed by atoms with E-state index in [1.165, 1.54) is 19.4 Å². The molecule has 0 aromatic heterocycles. The Morgan fingerprint density at radius 2 is 1.91 bits per heavy atom. The van der Waals surface area contributed by atoms with Crippen LogP contribution in [0, 0.1) is 34.5 Å². The molecule has 0 aromatic carbocycles. The number of fused-ring (bicyclic) bond motifs is 7. The predicted octanol–water partition coefficient (Wildman–Crippen LogP) is 4.57. The summed E-state index contributed by atoms with van der Waals surface area (Å²) in [6.07, 6.45) is 8.90. The number of alkyl halides is 1. The van der Waals surface area contributed by atoms with Gasteiger partial charge in [0, 0.05) is 26.2 Å². The van der Waals surface area contributed by atoms with Gasteiger partial charge in [-0.3, -0.25) is 9.59 Å². The number of rotatable bonds is 3. The summed E-state index contributed by atoms with van der Waals surface area (Å²) in [4.78, 5) is 34.4. The molecule has 3 saturated carbocycles. The molecule has 0 unspecified atom stereocenters. The van der Waals surface area contributed by atoms with Crippen LogP contribution in [0.4, 0.5) is 0 Å². The number of halogens is 1. The van der Waals surface area contributed by atoms with Crippen LogP contribution in [0.3, 0.4) is 0 Å². The summed E-state index contributed by atoms with van der Waals surface area (Å²) >= 11 is 6.94. The third kappa shape index (κ3) is 3.37. The molecule has 4 aliphatic carbocycles. The van der Waals surface area contributed by atoms with Gasteiger partial charge < -0.3 is 14.2 Å². The van der Waals surface area contributed by atoms with Crippen molar-refractivity contribution in [2.24, 2.45) is 34.5 Å². The molecule has 5 aliphatic rings. The van der Waals surface area contributed by atoms with Crippen LogP contribution < -0.4 is 0 Å². The highest BCUT2D eigenvalue weighted by atomic mass is 35.5. The molecule has 0 bridgehead atoms. The van der Waals surface area contributed by atoms with Gasteiger partial charge in [0.1, 0.15) is 18.8 Å². The molecule has 0 radical (unpaired) electrons. The predicted molar refractivity (Wildman–Crippen MR) is 121 cm³/mol. The minimum Gasteiger partial charge on any atom is -0.463 e. The molecule has 7 heteroatoms. The van der Waals surface area contributed by atoms with Crippen LogP contribution in [0.2, 0.25) is 0 Å². The van der Waals surface area contributed by atoms with Crippen molar-refractivity contribution in [3.8, 4) is 0 Å². The van der Waals surface area contributed by atoms with E-state index >= 15 is 0 Å². The first-order chi connectivity index (χ1) is 15.5. The molecular weight excluding hydrogens is 444 g/mol. The highest BCUT2D eigenvalue weighted by molar-refractivity contribution is 6.35. The van der Waals surface area contributed by atoms with E-state index in [4.69, 9.17) is 25.8 Å². The van der Waals surface area contributed by atoms with Crippen LogP contribution in [0.5, 0.6) is 0 Å². The zero-order valence-corrected chi connectivity index (χ0v) is 20.8. The summed E-state index contributed by atoms with van der Waals surface area (Å²) in [5.41, 5.74) is 1.46. The summed E-state index contributed by atoms with van der Waals surface area (Å²) in [5.74, 6) is 0.277. The average Bonchev–Trinajstić information content (AvgIpc) is 3.17. The lowest BCUT2D eigenvalue weighted by Crippen LogP contribution is -2.54. The lowest BCUT2D eigenvalue weighted by Gasteiger charge is -2.58. The van der Waals surface area contributed by atoms with E-state index in [0.717, 1.165) is 44.9 Å². The Kier molecular flexibility index (Phi) is 5.43. The molecule has 33 heavy (non-hydrogen) atoms. The normalized spacial score (nSPS) is 47.9. The van der Waals surface area contributed by atoms with Crippen molar-refractivity contribution in [2.75, 3.05) is 6.61 Å². The molecule has 5 rings (SSSR count). The summed E-state index contributed by atoms with van der Waals surface area (Å²) in [6, 6.07) is 0. The summed E-state index contributed by atoms with van der Waals surface area (Å²) in [6.45, 7) is 7.39. The minimum absolute atomic E-state index is 0.00405. The summed E-state index contributed by atoms with van der Waals surface area (Å²) in [7, 11) is 0. The minimum atomic E-state index is -1.30. The fourth-order valence-corrected chi connectivity index (χ4v) is 9.09. The van der Waals surface area contributed by atoms with E-state index < -0.39 is 16.8 Å². The van der Waals surface area contributed by atoms with Crippen LogP contribution in [0.15, 0.2) is 11.6 Å². The van der Waals surface area contributed by atoms with E-state index in [0.29, 0.717) is 17.8 Å². The molecule has 4 fully saturated rings. The number of carbonyl (C=O) groups is 3. The van der Waals surface area contributed by atoms with Crippen molar-refractivity contribution in [1.29, 1.82) is 0 Å². The van der Waals surface area contributed by atoms with Crippen molar-refractivity contribution in [3.63, 3.8) is 0 Å². The highest BCUT2D eigenvalue weighted by Crippen LogP contribution is 2.69. The van der Waals surface area contributed by atoms with Crippen LogP contribution in [-0.2, 0) is 28.6 Å². The molecule has 1 aliphatic heterocycles. The molecule has 0 N–H and O–H groups in total. The smallest absolute Gasteiger partial charge is 0.331 e. The van der Waals surface area contributed by atoms with E-state index in [-0.39, 0.29) is 41.5 Å². The van der Waals surface area contributed by atoms with E-state index in [1.54, 1.807) is 0 Å². The Morgan fingerprint density at radius 3 is 2.61 bits per heavy atom. The Balaban J connectivity index is 1.41. The number of esters is 3. The monoisotopic (exact) mass is 478 g/mol. The zero-order valence-electron chi connectivity index (χ0n) is 20.0. The van der Waals surface area contributed by atoms with Crippen molar-refractivity contribution in [3.05, 3.63) is 11.6 Å². The maximum atomic E-state index is 12.8. The Labute approximate surface area is 200 Å². The SMILES string of the molecule is CC(=O)OC[C@@]1(Cl)C(=O)O[C@H]2C[C@H]3[C@@H]4CC=C5C[C@@H](OC(C)=O)CC[C@]5(C)[C@H]4CC[C@]3(C)[C@H]21. The first-order valence-corrected chi connectivity index (χ1v) is 12.8. The first kappa shape index (κ1) is 23.2. The average molecular weight is 479 g/mol. The number of ether oxygens (including phenoxy) is 3. The van der Waals surface area contributed by atoms with Gasteiger partial charge in [0.25, 0.3) is 0 Å². The van der Waals surface area contributed by atoms with Crippen molar-refractivity contribution in [1.82, 2.24) is 0 Å². The third-order valence-electron chi connectivity index (χ3n) is 9.97. The quantitative estimate of drug-likeness (QED) is 0.256. The van der Waals surface area contributed by atoms with Crippen LogP contribution >= 0.6 is 11.6 Å². The summed E-state index contributed by atoms with van der Waals surface area (Å²) in [5, 5.41) is 0. The van der Waals surface area contributed by atoms with E-state index in [9.17, 15) is 14.4 Å². The zero-order chi connectivity index (χ0) is 23.8. The second-order valence-electron chi connectivity index (χ2n) is 11.6. The Bertz CT molecular complexity index is 914. The molecule has 182 valence electrons. The fourth-order valence-electron chi connectivity index (χ4n) is 8.60. The molecule has 1 heterocycles. The Hall–Kier alpha value is -1.56. The topological polar surface area (TPSA) is 78.9 Å². The largest absolute Gasteiger partial charge is 0.463 e. The molecule has 0 aromatic rings. The molecule has 0 spiro atoms. The lowest BCUT2D eigenvalue weighted by molar-refractivity contribution is -0.149. The van der Waals surface area contributed by atoms with Gasteiger partial charge in [-0.25, -0.2) is 4.79 Å². The van der Waals surface area contributed by atoms with E-state index in [1.807, 2.05) is 0 Å². The van der Waals surface area contributed by atoms with Gasteiger partial charge in [-0.1, -0.05) is 25.5 Å².